The van der Waals surface area contributed by atoms with Gasteiger partial charge in [-0.05, 0) is 23.6 Å². The Kier molecular flexibility index (Phi) is 8.34. The fourth-order valence-electron chi connectivity index (χ4n) is 3.34. The number of aliphatic carboxylic acids is 1. The lowest BCUT2D eigenvalue weighted by Crippen LogP contribution is -2.72. The molecule has 11 nitrogen and oxygen atoms in total. The second kappa shape index (κ2) is 10.4. The van der Waals surface area contributed by atoms with Gasteiger partial charge in [-0.2, -0.15) is 0 Å². The molecule has 0 unspecified atom stereocenters. The minimum Gasteiger partial charge on any atom is -0.508 e. The first-order chi connectivity index (χ1) is 14.5. The third-order valence-electron chi connectivity index (χ3n) is 5.28. The van der Waals surface area contributed by atoms with E-state index in [4.69, 9.17) is 4.74 Å². The molecule has 1 aromatic carbocycles. The number of amides is 1. The van der Waals surface area contributed by atoms with Gasteiger partial charge in [0.2, 0.25) is 5.91 Å². The number of aliphatic hydroxyl groups is 4. The maximum Gasteiger partial charge on any atom is 0.326 e. The largest absolute Gasteiger partial charge is 0.508 e. The molecule has 1 aliphatic rings. The molecule has 1 aliphatic heterocycles. The molecule has 0 radical (unpaired) electrons. The fraction of sp³-hybridized carbons (Fsp3) is 0.600. The molecule has 0 bridgehead atoms. The van der Waals surface area contributed by atoms with Crippen molar-refractivity contribution in [1.82, 2.24) is 10.6 Å². The number of rotatable bonds is 9. The summed E-state index contributed by atoms with van der Waals surface area (Å²) in [7, 11) is 0. The Morgan fingerprint density at radius 2 is 1.81 bits per heavy atom. The number of hydrogen-bond donors (Lipinski definition) is 8. The minimum atomic E-state index is -1.93. The number of aliphatic hydroxyl groups excluding tert-OH is 4. The van der Waals surface area contributed by atoms with E-state index >= 15 is 0 Å². The molecule has 31 heavy (non-hydrogen) atoms. The van der Waals surface area contributed by atoms with Crippen LogP contribution in [0.25, 0.3) is 0 Å². The van der Waals surface area contributed by atoms with Crippen LogP contribution < -0.4 is 10.6 Å². The van der Waals surface area contributed by atoms with E-state index in [1.165, 1.54) is 24.3 Å². The number of aromatic hydroxyl groups is 1. The van der Waals surface area contributed by atoms with E-state index in [0.29, 0.717) is 5.56 Å². The van der Waals surface area contributed by atoms with Crippen LogP contribution in [0, 0.1) is 5.92 Å². The number of carbonyl (C=O) groups is 2. The number of ether oxygens (including phenoxy) is 1. The van der Waals surface area contributed by atoms with E-state index < -0.39 is 67.1 Å². The van der Waals surface area contributed by atoms with Gasteiger partial charge < -0.3 is 40.7 Å². The van der Waals surface area contributed by atoms with Crippen LogP contribution in [0.15, 0.2) is 24.3 Å². The van der Waals surface area contributed by atoms with Crippen molar-refractivity contribution in [2.24, 2.45) is 5.92 Å². The van der Waals surface area contributed by atoms with Crippen molar-refractivity contribution in [3.63, 3.8) is 0 Å². The first kappa shape index (κ1) is 25.0. The normalized spacial score (nSPS) is 28.2. The Morgan fingerprint density at radius 3 is 2.32 bits per heavy atom. The standard InChI is InChI=1S/C20H30N2O9/c1-10(2)15(22-20(9-23)17(27)16(26)14(25)8-31-20)18(28)21-13(19(29)30)7-11-3-5-12(24)6-4-11/h3-6,10,13-17,22-27H,7-9H2,1-2H3,(H,21,28)(H,29,30)/t13-,14-,15-,16-,17+,20-/m0/s1. The van der Waals surface area contributed by atoms with Crippen molar-refractivity contribution in [3.8, 4) is 5.75 Å². The van der Waals surface area contributed by atoms with Crippen molar-refractivity contribution in [3.05, 3.63) is 29.8 Å². The van der Waals surface area contributed by atoms with Gasteiger partial charge in [0.15, 0.2) is 5.72 Å². The van der Waals surface area contributed by atoms with Gasteiger partial charge in [-0.1, -0.05) is 26.0 Å². The van der Waals surface area contributed by atoms with Gasteiger partial charge in [0.1, 0.15) is 30.1 Å². The van der Waals surface area contributed by atoms with Crippen molar-refractivity contribution in [1.29, 1.82) is 0 Å². The van der Waals surface area contributed by atoms with E-state index in [-0.39, 0.29) is 12.2 Å². The summed E-state index contributed by atoms with van der Waals surface area (Å²) in [5.41, 5.74) is -1.35. The summed E-state index contributed by atoms with van der Waals surface area (Å²) in [5.74, 6) is -2.39. The second-order valence-electron chi connectivity index (χ2n) is 8.00. The maximum atomic E-state index is 12.9. The van der Waals surface area contributed by atoms with Crippen LogP contribution in [0.2, 0.25) is 0 Å². The first-order valence-corrected chi connectivity index (χ1v) is 9.88. The van der Waals surface area contributed by atoms with Crippen LogP contribution >= 0.6 is 0 Å². The Bertz CT molecular complexity index is 758. The van der Waals surface area contributed by atoms with E-state index in [9.17, 15) is 40.2 Å². The van der Waals surface area contributed by atoms with Crippen molar-refractivity contribution < 1.29 is 45.0 Å². The molecule has 11 heteroatoms. The van der Waals surface area contributed by atoms with Gasteiger partial charge in [0.05, 0.1) is 19.3 Å². The lowest BCUT2D eigenvalue weighted by molar-refractivity contribution is -0.261. The SMILES string of the molecule is CC(C)[C@H](N[C@@]1(CO)OC[C@H](O)[C@H](O)[C@H]1O)C(=O)N[C@@H](Cc1ccc(O)cc1)C(=O)O. The predicted octanol–water partition coefficient (Wildman–Crippen LogP) is -2.08. The van der Waals surface area contributed by atoms with E-state index in [1.807, 2.05) is 0 Å². The van der Waals surface area contributed by atoms with Gasteiger partial charge in [0.25, 0.3) is 0 Å². The van der Waals surface area contributed by atoms with E-state index in [0.717, 1.165) is 0 Å². The number of carboxylic acids is 1. The number of nitrogens with one attached hydrogen (secondary N) is 2. The van der Waals surface area contributed by atoms with Crippen LogP contribution in [0.5, 0.6) is 5.75 Å². The molecule has 0 aromatic heterocycles. The van der Waals surface area contributed by atoms with Gasteiger partial charge in [-0.15, -0.1) is 0 Å². The molecule has 1 heterocycles. The molecule has 1 saturated heterocycles. The summed E-state index contributed by atoms with van der Waals surface area (Å²) in [6.07, 6.45) is -4.78. The highest BCUT2D eigenvalue weighted by atomic mass is 16.6. The zero-order valence-electron chi connectivity index (χ0n) is 17.3. The van der Waals surface area contributed by atoms with Gasteiger partial charge in [0, 0.05) is 6.42 Å². The van der Waals surface area contributed by atoms with Crippen molar-refractivity contribution in [2.45, 2.75) is 56.4 Å². The third-order valence-corrected chi connectivity index (χ3v) is 5.28. The maximum absolute atomic E-state index is 12.9. The van der Waals surface area contributed by atoms with Crippen LogP contribution in [-0.4, -0.2) is 91.8 Å². The Balaban J connectivity index is 2.17. The Hall–Kier alpha value is -2.28. The summed E-state index contributed by atoms with van der Waals surface area (Å²) in [4.78, 5) is 24.6. The quantitative estimate of drug-likeness (QED) is 0.211. The number of carbonyl (C=O) groups excluding carboxylic acids is 1. The van der Waals surface area contributed by atoms with Gasteiger partial charge in [-0.25, -0.2) is 4.79 Å². The van der Waals surface area contributed by atoms with Crippen LogP contribution in [0.3, 0.4) is 0 Å². The molecule has 0 aliphatic carbocycles. The zero-order chi connectivity index (χ0) is 23.3. The summed E-state index contributed by atoms with van der Waals surface area (Å²) < 4.78 is 5.36. The molecular formula is C20H30N2O9. The number of phenols is 1. The first-order valence-electron chi connectivity index (χ1n) is 9.88. The zero-order valence-corrected chi connectivity index (χ0v) is 17.3. The highest BCUT2D eigenvalue weighted by Crippen LogP contribution is 2.25. The molecule has 0 saturated carbocycles. The summed E-state index contributed by atoms with van der Waals surface area (Å²) >= 11 is 0. The average molecular weight is 442 g/mol. The predicted molar refractivity (Wildman–Crippen MR) is 107 cm³/mol. The molecular weight excluding hydrogens is 412 g/mol. The van der Waals surface area contributed by atoms with Crippen LogP contribution in [0.4, 0.5) is 0 Å². The van der Waals surface area contributed by atoms with Crippen LogP contribution in [0.1, 0.15) is 19.4 Å². The molecule has 1 amide bonds. The molecule has 174 valence electrons. The van der Waals surface area contributed by atoms with Crippen LogP contribution in [-0.2, 0) is 20.7 Å². The lowest BCUT2D eigenvalue weighted by atomic mass is 9.92. The van der Waals surface area contributed by atoms with Crippen molar-refractivity contribution in [2.75, 3.05) is 13.2 Å². The average Bonchev–Trinajstić information content (AvgIpc) is 2.72. The van der Waals surface area contributed by atoms with Crippen molar-refractivity contribution >= 4 is 11.9 Å². The Morgan fingerprint density at radius 1 is 1.19 bits per heavy atom. The summed E-state index contributed by atoms with van der Waals surface area (Å²) in [6, 6.07) is 3.49. The second-order valence-corrected chi connectivity index (χ2v) is 8.00. The van der Waals surface area contributed by atoms with E-state index in [1.54, 1.807) is 13.8 Å². The summed E-state index contributed by atoms with van der Waals surface area (Å²) in [6.45, 7) is 2.12. The third kappa shape index (κ3) is 5.91. The smallest absolute Gasteiger partial charge is 0.326 e. The number of phenolic OH excluding ortho intramolecular Hbond substituents is 1. The summed E-state index contributed by atoms with van der Waals surface area (Å²) in [5, 5.41) is 63.8. The monoisotopic (exact) mass is 442 g/mol. The van der Waals surface area contributed by atoms with Gasteiger partial charge in [-0.3, -0.25) is 10.1 Å². The molecule has 1 fully saturated rings. The topological polar surface area (TPSA) is 189 Å². The number of hydrogen-bond acceptors (Lipinski definition) is 9. The fourth-order valence-corrected chi connectivity index (χ4v) is 3.34. The number of benzene rings is 1. The number of carboxylic acid groups (broad SMARTS) is 1. The molecule has 1 aromatic rings. The van der Waals surface area contributed by atoms with Gasteiger partial charge >= 0.3 is 5.97 Å². The highest BCUT2D eigenvalue weighted by Gasteiger charge is 2.51. The highest BCUT2D eigenvalue weighted by molar-refractivity contribution is 5.87. The lowest BCUT2D eigenvalue weighted by Gasteiger charge is -2.46. The molecule has 8 N–H and O–H groups in total. The molecule has 6 atom stereocenters. The Labute approximate surface area is 179 Å². The molecule has 0 spiro atoms. The molecule has 2 rings (SSSR count). The minimum absolute atomic E-state index is 0.0244. The van der Waals surface area contributed by atoms with E-state index in [2.05, 4.69) is 10.6 Å².